The zero-order chi connectivity index (χ0) is 14.9. The first-order valence-corrected chi connectivity index (χ1v) is 9.23. The normalized spacial score (nSPS) is 27.1. The Morgan fingerprint density at radius 3 is 2.81 bits per heavy atom. The lowest BCUT2D eigenvalue weighted by Gasteiger charge is -2.43. The van der Waals surface area contributed by atoms with Gasteiger partial charge >= 0.3 is 0 Å². The molecular formula is C15H23N3O2S. The molecule has 0 spiro atoms. The molecule has 0 radical (unpaired) electrons. The Bertz CT molecular complexity index is 601. The third-order valence-electron chi connectivity index (χ3n) is 4.79. The molecule has 1 saturated carbocycles. The van der Waals surface area contributed by atoms with Gasteiger partial charge in [0.05, 0.1) is 5.69 Å². The van der Waals surface area contributed by atoms with Crippen LogP contribution in [0, 0.1) is 5.92 Å². The highest BCUT2D eigenvalue weighted by Crippen LogP contribution is 2.38. The fourth-order valence-corrected chi connectivity index (χ4v) is 5.64. The van der Waals surface area contributed by atoms with E-state index in [-0.39, 0.29) is 11.1 Å². The van der Waals surface area contributed by atoms with Crippen molar-refractivity contribution in [2.75, 3.05) is 18.9 Å². The van der Waals surface area contributed by atoms with Gasteiger partial charge in [-0.1, -0.05) is 12.8 Å². The molecular weight excluding hydrogens is 286 g/mol. The number of piperidine rings is 1. The van der Waals surface area contributed by atoms with Crippen LogP contribution in [-0.4, -0.2) is 37.3 Å². The van der Waals surface area contributed by atoms with Crippen LogP contribution in [0.3, 0.4) is 0 Å². The summed E-state index contributed by atoms with van der Waals surface area (Å²) < 4.78 is 27.8. The molecule has 1 aliphatic carbocycles. The molecule has 1 aliphatic heterocycles. The summed E-state index contributed by atoms with van der Waals surface area (Å²) in [6, 6.07) is 3.69. The molecule has 1 saturated heterocycles. The van der Waals surface area contributed by atoms with Crippen LogP contribution in [0.1, 0.15) is 38.5 Å². The van der Waals surface area contributed by atoms with Gasteiger partial charge < -0.3 is 5.32 Å². The largest absolute Gasteiger partial charge is 0.386 e. The quantitative estimate of drug-likeness (QED) is 0.931. The second-order valence-corrected chi connectivity index (χ2v) is 7.78. The fraction of sp³-hybridized carbons (Fsp3) is 0.667. The van der Waals surface area contributed by atoms with Crippen LogP contribution < -0.4 is 5.32 Å². The molecule has 2 heterocycles. The molecule has 2 unspecified atom stereocenters. The van der Waals surface area contributed by atoms with Gasteiger partial charge in [0, 0.05) is 25.8 Å². The molecule has 2 fully saturated rings. The number of hydrogen-bond acceptors (Lipinski definition) is 4. The van der Waals surface area contributed by atoms with Crippen molar-refractivity contribution in [3.8, 4) is 0 Å². The fourth-order valence-electron chi connectivity index (χ4n) is 3.78. The van der Waals surface area contributed by atoms with Gasteiger partial charge in [-0.15, -0.1) is 0 Å². The number of aromatic nitrogens is 1. The van der Waals surface area contributed by atoms with Crippen molar-refractivity contribution < 1.29 is 8.42 Å². The van der Waals surface area contributed by atoms with Crippen molar-refractivity contribution in [1.29, 1.82) is 0 Å². The predicted octanol–water partition coefficient (Wildman–Crippen LogP) is 2.47. The SMILES string of the molecule is CNc1cccnc1S(=O)(=O)N1CCCC2CCCCC21. The molecule has 2 atom stereocenters. The first-order chi connectivity index (χ1) is 10.1. The number of sulfonamides is 1. The number of nitrogens with zero attached hydrogens (tertiary/aromatic N) is 2. The van der Waals surface area contributed by atoms with Gasteiger partial charge in [0.1, 0.15) is 0 Å². The summed E-state index contributed by atoms with van der Waals surface area (Å²) in [5.41, 5.74) is 0.579. The van der Waals surface area contributed by atoms with Crippen molar-refractivity contribution in [2.45, 2.75) is 49.6 Å². The predicted molar refractivity (Wildman–Crippen MR) is 82.7 cm³/mol. The minimum atomic E-state index is -3.52. The van der Waals surface area contributed by atoms with E-state index in [1.54, 1.807) is 29.7 Å². The Morgan fingerprint density at radius 1 is 1.24 bits per heavy atom. The average Bonchev–Trinajstić information content (AvgIpc) is 2.54. The monoisotopic (exact) mass is 309 g/mol. The average molecular weight is 309 g/mol. The number of nitrogens with one attached hydrogen (secondary N) is 1. The third kappa shape index (κ3) is 2.66. The summed E-state index contributed by atoms with van der Waals surface area (Å²) in [7, 11) is -1.78. The molecule has 21 heavy (non-hydrogen) atoms. The van der Waals surface area contributed by atoms with Gasteiger partial charge in [0.25, 0.3) is 10.0 Å². The summed E-state index contributed by atoms with van der Waals surface area (Å²) in [6.07, 6.45) is 8.20. The topological polar surface area (TPSA) is 62.3 Å². The zero-order valence-electron chi connectivity index (χ0n) is 12.5. The van der Waals surface area contributed by atoms with E-state index in [9.17, 15) is 8.42 Å². The van der Waals surface area contributed by atoms with E-state index < -0.39 is 10.0 Å². The van der Waals surface area contributed by atoms with E-state index in [0.717, 1.165) is 32.1 Å². The minimum absolute atomic E-state index is 0.165. The van der Waals surface area contributed by atoms with Crippen LogP contribution in [0.25, 0.3) is 0 Å². The Labute approximate surface area is 126 Å². The Hall–Kier alpha value is -1.14. The molecule has 2 aliphatic rings. The first kappa shape index (κ1) is 14.8. The van der Waals surface area contributed by atoms with Crippen LogP contribution in [0.5, 0.6) is 0 Å². The third-order valence-corrected chi connectivity index (χ3v) is 6.67. The maximum Gasteiger partial charge on any atom is 0.262 e. The highest BCUT2D eigenvalue weighted by Gasteiger charge is 2.41. The van der Waals surface area contributed by atoms with Crippen LogP contribution in [0.2, 0.25) is 0 Å². The first-order valence-electron chi connectivity index (χ1n) is 7.79. The molecule has 0 bridgehead atoms. The van der Waals surface area contributed by atoms with Crippen molar-refractivity contribution in [3.05, 3.63) is 18.3 Å². The lowest BCUT2D eigenvalue weighted by molar-refractivity contribution is 0.129. The molecule has 0 amide bonds. The molecule has 5 nitrogen and oxygen atoms in total. The van der Waals surface area contributed by atoms with Gasteiger partial charge in [-0.3, -0.25) is 0 Å². The number of rotatable bonds is 3. The van der Waals surface area contributed by atoms with Crippen molar-refractivity contribution in [1.82, 2.24) is 9.29 Å². The van der Waals surface area contributed by atoms with Crippen molar-refractivity contribution in [2.24, 2.45) is 5.92 Å². The molecule has 0 aromatic carbocycles. The van der Waals surface area contributed by atoms with Gasteiger partial charge in [-0.25, -0.2) is 13.4 Å². The molecule has 1 aromatic rings. The lowest BCUT2D eigenvalue weighted by atomic mass is 9.79. The summed E-state index contributed by atoms with van der Waals surface area (Å²) in [5.74, 6) is 0.532. The minimum Gasteiger partial charge on any atom is -0.386 e. The van der Waals surface area contributed by atoms with Crippen LogP contribution in [0.4, 0.5) is 5.69 Å². The van der Waals surface area contributed by atoms with Gasteiger partial charge in [0.2, 0.25) is 0 Å². The van der Waals surface area contributed by atoms with E-state index in [1.807, 2.05) is 0 Å². The lowest BCUT2D eigenvalue weighted by Crippen LogP contribution is -2.49. The van der Waals surface area contributed by atoms with E-state index >= 15 is 0 Å². The molecule has 1 aromatic heterocycles. The van der Waals surface area contributed by atoms with E-state index in [1.165, 1.54) is 6.42 Å². The number of hydrogen-bond donors (Lipinski definition) is 1. The van der Waals surface area contributed by atoms with Crippen molar-refractivity contribution >= 4 is 15.7 Å². The number of fused-ring (bicyclic) bond motifs is 1. The Kier molecular flexibility index (Phi) is 4.17. The number of anilines is 1. The summed E-state index contributed by atoms with van der Waals surface area (Å²) in [5, 5.41) is 3.11. The van der Waals surface area contributed by atoms with Gasteiger partial charge in [-0.2, -0.15) is 4.31 Å². The van der Waals surface area contributed by atoms with Crippen molar-refractivity contribution in [3.63, 3.8) is 0 Å². The second-order valence-electron chi connectivity index (χ2n) is 5.98. The van der Waals surface area contributed by atoms with Crippen LogP contribution in [0.15, 0.2) is 23.4 Å². The van der Waals surface area contributed by atoms with E-state index in [0.29, 0.717) is 18.2 Å². The van der Waals surface area contributed by atoms with E-state index in [2.05, 4.69) is 10.3 Å². The molecule has 1 N–H and O–H groups in total. The number of pyridine rings is 1. The highest BCUT2D eigenvalue weighted by atomic mass is 32.2. The highest BCUT2D eigenvalue weighted by molar-refractivity contribution is 7.89. The maximum atomic E-state index is 13.0. The van der Waals surface area contributed by atoms with Gasteiger partial charge in [-0.05, 0) is 43.7 Å². The standard InChI is InChI=1S/C15H23N3O2S/c1-16-13-8-4-10-17-15(13)21(19,20)18-11-5-7-12-6-2-3-9-14(12)18/h4,8,10,12,14,16H,2-3,5-7,9,11H2,1H3. The van der Waals surface area contributed by atoms with Crippen LogP contribution >= 0.6 is 0 Å². The second kappa shape index (κ2) is 5.93. The molecule has 6 heteroatoms. The van der Waals surface area contributed by atoms with Crippen LogP contribution in [-0.2, 0) is 10.0 Å². The van der Waals surface area contributed by atoms with Gasteiger partial charge in [0.15, 0.2) is 5.03 Å². The summed E-state index contributed by atoms with van der Waals surface area (Å²) in [4.78, 5) is 4.14. The maximum absolute atomic E-state index is 13.0. The summed E-state index contributed by atoms with van der Waals surface area (Å²) in [6.45, 7) is 0.628. The molecule has 3 rings (SSSR count). The van der Waals surface area contributed by atoms with E-state index in [4.69, 9.17) is 0 Å². The zero-order valence-corrected chi connectivity index (χ0v) is 13.3. The summed E-state index contributed by atoms with van der Waals surface area (Å²) >= 11 is 0. The Morgan fingerprint density at radius 2 is 2.00 bits per heavy atom. The smallest absolute Gasteiger partial charge is 0.262 e. The Balaban J connectivity index is 1.96. The molecule has 116 valence electrons.